The van der Waals surface area contributed by atoms with E-state index in [0.29, 0.717) is 28.4 Å². The molecule has 1 aliphatic heterocycles. The first-order valence-corrected chi connectivity index (χ1v) is 6.57. The minimum absolute atomic E-state index is 0.287. The highest BCUT2D eigenvalue weighted by atomic mass is 16.5. The van der Waals surface area contributed by atoms with Crippen molar-refractivity contribution in [2.24, 2.45) is 0 Å². The van der Waals surface area contributed by atoms with Crippen LogP contribution in [-0.2, 0) is 0 Å². The van der Waals surface area contributed by atoms with Crippen molar-refractivity contribution in [2.75, 3.05) is 24.9 Å². The maximum Gasteiger partial charge on any atom is 0.266 e. The molecular weight excluding hydrogens is 284 g/mol. The number of hydrogen-bond donors (Lipinski definition) is 1. The summed E-state index contributed by atoms with van der Waals surface area (Å²) in [5.41, 5.74) is 7.08. The van der Waals surface area contributed by atoms with Gasteiger partial charge in [0.25, 0.3) is 11.8 Å². The number of carbonyl (C=O) groups is 2. The summed E-state index contributed by atoms with van der Waals surface area (Å²) >= 11 is 0. The molecule has 0 saturated heterocycles. The van der Waals surface area contributed by atoms with Gasteiger partial charge in [-0.1, -0.05) is 0 Å². The molecule has 0 radical (unpaired) electrons. The number of amides is 2. The van der Waals surface area contributed by atoms with Gasteiger partial charge in [0.1, 0.15) is 11.5 Å². The van der Waals surface area contributed by atoms with Gasteiger partial charge in [-0.15, -0.1) is 0 Å². The minimum Gasteiger partial charge on any atom is -0.497 e. The fourth-order valence-electron chi connectivity index (χ4n) is 2.45. The molecule has 3 rings (SSSR count). The standard InChI is InChI=1S/C16H14N2O4/c1-21-10-4-6-14(22-2)13(8-10)18-15(19)11-5-3-9(17)7-12(11)16(18)20/h3-8H,17H2,1-2H3. The first-order chi connectivity index (χ1) is 10.6. The largest absolute Gasteiger partial charge is 0.497 e. The van der Waals surface area contributed by atoms with Crippen LogP contribution >= 0.6 is 0 Å². The molecule has 1 aliphatic rings. The van der Waals surface area contributed by atoms with Crippen molar-refractivity contribution < 1.29 is 19.1 Å². The Balaban J connectivity index is 2.15. The minimum atomic E-state index is -0.432. The van der Waals surface area contributed by atoms with E-state index in [4.69, 9.17) is 15.2 Å². The van der Waals surface area contributed by atoms with Crippen LogP contribution < -0.4 is 20.1 Å². The Bertz CT molecular complexity index is 786. The van der Waals surface area contributed by atoms with E-state index >= 15 is 0 Å². The molecule has 0 saturated carbocycles. The Hall–Kier alpha value is -3.02. The van der Waals surface area contributed by atoms with Gasteiger partial charge in [0.05, 0.1) is 31.0 Å². The molecule has 2 amide bonds. The van der Waals surface area contributed by atoms with Crippen molar-refractivity contribution in [3.63, 3.8) is 0 Å². The molecule has 0 spiro atoms. The molecule has 22 heavy (non-hydrogen) atoms. The highest BCUT2D eigenvalue weighted by Crippen LogP contribution is 2.37. The van der Waals surface area contributed by atoms with Crippen LogP contribution in [0.5, 0.6) is 11.5 Å². The summed E-state index contributed by atoms with van der Waals surface area (Å²) in [6.07, 6.45) is 0. The topological polar surface area (TPSA) is 81.9 Å². The molecule has 2 N–H and O–H groups in total. The zero-order chi connectivity index (χ0) is 15.9. The number of hydrogen-bond acceptors (Lipinski definition) is 5. The number of nitrogens with two attached hydrogens (primary N) is 1. The van der Waals surface area contributed by atoms with Crippen LogP contribution in [0.25, 0.3) is 0 Å². The second-order valence-corrected chi connectivity index (χ2v) is 4.79. The molecular formula is C16H14N2O4. The first-order valence-electron chi connectivity index (χ1n) is 6.57. The van der Waals surface area contributed by atoms with Crippen molar-refractivity contribution >= 4 is 23.2 Å². The maximum atomic E-state index is 12.6. The fourth-order valence-corrected chi connectivity index (χ4v) is 2.45. The number of nitrogen functional groups attached to an aromatic ring is 1. The zero-order valence-electron chi connectivity index (χ0n) is 12.1. The molecule has 2 aromatic carbocycles. The first kappa shape index (κ1) is 13.9. The van der Waals surface area contributed by atoms with E-state index in [1.807, 2.05) is 0 Å². The summed E-state index contributed by atoms with van der Waals surface area (Å²) in [5, 5.41) is 0. The highest BCUT2D eigenvalue weighted by Gasteiger charge is 2.38. The molecule has 0 aromatic heterocycles. The van der Waals surface area contributed by atoms with Crippen molar-refractivity contribution in [3.05, 3.63) is 47.5 Å². The monoisotopic (exact) mass is 298 g/mol. The van der Waals surface area contributed by atoms with Crippen molar-refractivity contribution in [3.8, 4) is 11.5 Å². The quantitative estimate of drug-likeness (QED) is 0.693. The highest BCUT2D eigenvalue weighted by molar-refractivity contribution is 6.35. The van der Waals surface area contributed by atoms with E-state index in [1.165, 1.54) is 20.3 Å². The number of anilines is 2. The number of nitrogens with zero attached hydrogens (tertiary/aromatic N) is 1. The summed E-state index contributed by atoms with van der Waals surface area (Å²) in [5.74, 6) is 0.0838. The van der Waals surface area contributed by atoms with Gasteiger partial charge in [-0.3, -0.25) is 9.59 Å². The summed E-state index contributed by atoms with van der Waals surface area (Å²) in [7, 11) is 2.98. The van der Waals surface area contributed by atoms with Crippen molar-refractivity contribution in [1.82, 2.24) is 0 Å². The molecule has 112 valence electrons. The molecule has 0 fully saturated rings. The van der Waals surface area contributed by atoms with Gasteiger partial charge in [0.2, 0.25) is 0 Å². The molecule has 6 nitrogen and oxygen atoms in total. The number of imide groups is 1. The van der Waals surface area contributed by atoms with Crippen molar-refractivity contribution in [2.45, 2.75) is 0 Å². The van der Waals surface area contributed by atoms with Crippen LogP contribution in [0, 0.1) is 0 Å². The normalized spacial score (nSPS) is 13.3. The van der Waals surface area contributed by atoms with E-state index in [0.717, 1.165) is 4.90 Å². The SMILES string of the molecule is COc1ccc(OC)c(N2C(=O)c3ccc(N)cc3C2=O)c1. The van der Waals surface area contributed by atoms with Gasteiger partial charge in [-0.2, -0.15) is 0 Å². The molecule has 2 aromatic rings. The second kappa shape index (κ2) is 5.07. The number of fused-ring (bicyclic) bond motifs is 1. The zero-order valence-corrected chi connectivity index (χ0v) is 12.1. The molecule has 0 unspecified atom stereocenters. The Morgan fingerprint density at radius 1 is 0.909 bits per heavy atom. The molecule has 1 heterocycles. The summed E-state index contributed by atoms with van der Waals surface area (Å²) in [4.78, 5) is 26.2. The van der Waals surface area contributed by atoms with Gasteiger partial charge >= 0.3 is 0 Å². The Kier molecular flexibility index (Phi) is 3.21. The Morgan fingerprint density at radius 3 is 2.32 bits per heavy atom. The van der Waals surface area contributed by atoms with Crippen LogP contribution in [0.3, 0.4) is 0 Å². The molecule has 0 atom stereocenters. The maximum absolute atomic E-state index is 12.6. The summed E-state index contributed by atoms with van der Waals surface area (Å²) in [6.45, 7) is 0. The van der Waals surface area contributed by atoms with Crippen LogP contribution in [0.4, 0.5) is 11.4 Å². The second-order valence-electron chi connectivity index (χ2n) is 4.79. The fraction of sp³-hybridized carbons (Fsp3) is 0.125. The van der Waals surface area contributed by atoms with E-state index in [1.54, 1.807) is 30.3 Å². The lowest BCUT2D eigenvalue weighted by atomic mass is 10.1. The Morgan fingerprint density at radius 2 is 1.64 bits per heavy atom. The van der Waals surface area contributed by atoms with Gasteiger partial charge in [-0.25, -0.2) is 4.90 Å². The molecule has 6 heteroatoms. The average Bonchev–Trinajstić information content (AvgIpc) is 2.77. The van der Waals surface area contributed by atoms with E-state index in [-0.39, 0.29) is 5.56 Å². The number of methoxy groups -OCH3 is 2. The van der Waals surface area contributed by atoms with Gasteiger partial charge < -0.3 is 15.2 Å². The van der Waals surface area contributed by atoms with Crippen molar-refractivity contribution in [1.29, 1.82) is 0 Å². The lowest BCUT2D eigenvalue weighted by Crippen LogP contribution is -2.29. The number of ether oxygens (including phenoxy) is 2. The van der Waals surface area contributed by atoms with Crippen LogP contribution in [0.15, 0.2) is 36.4 Å². The smallest absolute Gasteiger partial charge is 0.266 e. The van der Waals surface area contributed by atoms with Crippen LogP contribution in [-0.4, -0.2) is 26.0 Å². The third-order valence-electron chi connectivity index (χ3n) is 3.54. The van der Waals surface area contributed by atoms with Crippen LogP contribution in [0.2, 0.25) is 0 Å². The molecule has 0 bridgehead atoms. The average molecular weight is 298 g/mol. The lowest BCUT2D eigenvalue weighted by Gasteiger charge is -2.18. The van der Waals surface area contributed by atoms with Gasteiger partial charge in [0, 0.05) is 11.8 Å². The Labute approximate surface area is 127 Å². The van der Waals surface area contributed by atoms with Gasteiger partial charge in [-0.05, 0) is 30.3 Å². The lowest BCUT2D eigenvalue weighted by molar-refractivity contribution is 0.0925. The molecule has 0 aliphatic carbocycles. The number of benzene rings is 2. The summed E-state index contributed by atoms with van der Waals surface area (Å²) < 4.78 is 10.4. The third kappa shape index (κ3) is 1.96. The van der Waals surface area contributed by atoms with Gasteiger partial charge in [0.15, 0.2) is 0 Å². The summed E-state index contributed by atoms with van der Waals surface area (Å²) in [6, 6.07) is 9.57. The number of carbonyl (C=O) groups excluding carboxylic acids is 2. The van der Waals surface area contributed by atoms with E-state index in [9.17, 15) is 9.59 Å². The van der Waals surface area contributed by atoms with E-state index in [2.05, 4.69) is 0 Å². The predicted octanol–water partition coefficient (Wildman–Crippen LogP) is 2.09. The predicted molar refractivity (Wildman–Crippen MR) is 81.5 cm³/mol. The van der Waals surface area contributed by atoms with E-state index < -0.39 is 11.8 Å². The third-order valence-corrected chi connectivity index (χ3v) is 3.54. The van der Waals surface area contributed by atoms with Crippen LogP contribution in [0.1, 0.15) is 20.7 Å². The number of rotatable bonds is 3.